The van der Waals surface area contributed by atoms with E-state index in [1.165, 1.54) is 6.07 Å². The van der Waals surface area contributed by atoms with Gasteiger partial charge in [-0.05, 0) is 23.8 Å². The highest BCUT2D eigenvalue weighted by Gasteiger charge is 2.16. The second-order valence-corrected chi connectivity index (χ2v) is 6.07. The molecule has 27 heavy (non-hydrogen) atoms. The molecular weight excluding hydrogens is 364 g/mol. The molecule has 0 spiro atoms. The van der Waals surface area contributed by atoms with Crippen LogP contribution in [0.1, 0.15) is 21.5 Å². The molecule has 0 saturated carbocycles. The molecule has 0 radical (unpaired) electrons. The van der Waals surface area contributed by atoms with E-state index in [2.05, 4.69) is 5.16 Å². The third kappa shape index (κ3) is 5.09. The monoisotopic (exact) mass is 380 g/mol. The average Bonchev–Trinajstić information content (AvgIpc) is 2.72. The van der Waals surface area contributed by atoms with Crippen molar-refractivity contribution in [2.45, 2.75) is 6.61 Å². The number of benzene rings is 3. The predicted molar refractivity (Wildman–Crippen MR) is 105 cm³/mol. The molecule has 3 aromatic carbocycles. The van der Waals surface area contributed by atoms with Gasteiger partial charge < -0.3 is 15.3 Å². The van der Waals surface area contributed by atoms with Crippen LogP contribution in [0.15, 0.2) is 84.0 Å². The van der Waals surface area contributed by atoms with Gasteiger partial charge in [0.25, 0.3) is 0 Å². The Hall–Kier alpha value is -3.31. The molecule has 3 aromatic rings. The van der Waals surface area contributed by atoms with Gasteiger partial charge in [-0.2, -0.15) is 0 Å². The molecule has 0 unspecified atom stereocenters. The van der Waals surface area contributed by atoms with Gasteiger partial charge in [0.15, 0.2) is 5.84 Å². The van der Waals surface area contributed by atoms with Crippen LogP contribution in [-0.2, 0) is 11.4 Å². The fourth-order valence-corrected chi connectivity index (χ4v) is 2.50. The second kappa shape index (κ2) is 8.87. The molecule has 0 aliphatic carbocycles. The highest BCUT2D eigenvalue weighted by Crippen LogP contribution is 2.25. The first-order valence-electron chi connectivity index (χ1n) is 8.20. The number of nitrogens with zero attached hydrogens (tertiary/aromatic N) is 1. The summed E-state index contributed by atoms with van der Waals surface area (Å²) < 4.78 is 5.75. The van der Waals surface area contributed by atoms with Crippen molar-refractivity contribution in [2.75, 3.05) is 0 Å². The van der Waals surface area contributed by atoms with Gasteiger partial charge in [0.2, 0.25) is 0 Å². The summed E-state index contributed by atoms with van der Waals surface area (Å²) in [7, 11) is 0. The lowest BCUT2D eigenvalue weighted by Gasteiger charge is -2.10. The first-order chi connectivity index (χ1) is 13.1. The molecular formula is C21H17ClN2O3. The van der Waals surface area contributed by atoms with Crippen molar-refractivity contribution in [3.8, 4) is 5.75 Å². The molecule has 0 saturated heterocycles. The van der Waals surface area contributed by atoms with Crippen molar-refractivity contribution in [1.29, 1.82) is 0 Å². The van der Waals surface area contributed by atoms with E-state index in [1.54, 1.807) is 24.3 Å². The first kappa shape index (κ1) is 18.5. The Morgan fingerprint density at radius 3 is 2.33 bits per heavy atom. The molecule has 0 atom stereocenters. The highest BCUT2D eigenvalue weighted by atomic mass is 35.5. The van der Waals surface area contributed by atoms with Gasteiger partial charge in [-0.15, -0.1) is 0 Å². The van der Waals surface area contributed by atoms with Crippen molar-refractivity contribution in [1.82, 2.24) is 0 Å². The van der Waals surface area contributed by atoms with E-state index in [0.29, 0.717) is 22.9 Å². The Morgan fingerprint density at radius 1 is 0.963 bits per heavy atom. The van der Waals surface area contributed by atoms with Gasteiger partial charge in [-0.3, -0.25) is 0 Å². The summed E-state index contributed by atoms with van der Waals surface area (Å²) in [4.78, 5) is 17.4. The van der Waals surface area contributed by atoms with Crippen molar-refractivity contribution in [2.24, 2.45) is 10.9 Å². The largest absolute Gasteiger partial charge is 0.488 e. The normalized spacial score (nSPS) is 11.1. The Balaban J connectivity index is 1.74. The smallest absolute Gasteiger partial charge is 0.369 e. The summed E-state index contributed by atoms with van der Waals surface area (Å²) in [6, 6.07) is 23.3. The lowest BCUT2D eigenvalue weighted by Crippen LogP contribution is -2.15. The van der Waals surface area contributed by atoms with Crippen molar-refractivity contribution in [3.05, 3.63) is 101 Å². The van der Waals surface area contributed by atoms with Crippen LogP contribution in [0.2, 0.25) is 5.02 Å². The van der Waals surface area contributed by atoms with E-state index < -0.39 is 5.97 Å². The SMILES string of the molecule is N/C(=N/OC(=O)c1cc(Cl)ccc1OCc1ccccc1)c1ccccc1. The molecule has 5 nitrogen and oxygen atoms in total. The number of carbonyl (C=O) groups excluding carboxylic acids is 1. The van der Waals surface area contributed by atoms with Crippen LogP contribution in [0.5, 0.6) is 5.75 Å². The second-order valence-electron chi connectivity index (χ2n) is 5.64. The zero-order valence-corrected chi connectivity index (χ0v) is 15.1. The minimum absolute atomic E-state index is 0.0951. The molecule has 0 fully saturated rings. The summed E-state index contributed by atoms with van der Waals surface area (Å²) in [6.07, 6.45) is 0. The molecule has 2 N–H and O–H groups in total. The number of halogens is 1. The molecule has 0 aromatic heterocycles. The third-order valence-electron chi connectivity index (χ3n) is 3.70. The van der Waals surface area contributed by atoms with E-state index in [4.69, 9.17) is 26.9 Å². The van der Waals surface area contributed by atoms with Gasteiger partial charge in [0.1, 0.15) is 17.9 Å². The number of carbonyl (C=O) groups is 1. The lowest BCUT2D eigenvalue weighted by molar-refractivity contribution is 0.0511. The number of amidine groups is 1. The minimum Gasteiger partial charge on any atom is -0.488 e. The standard InChI is InChI=1S/C21H17ClN2O3/c22-17-11-12-19(26-14-15-7-3-1-4-8-15)18(13-17)21(25)27-24-20(23)16-9-5-2-6-10-16/h1-13H,14H2,(H2,23,24). The summed E-state index contributed by atoms with van der Waals surface area (Å²) in [5, 5.41) is 4.09. The van der Waals surface area contributed by atoms with E-state index in [-0.39, 0.29) is 11.4 Å². The van der Waals surface area contributed by atoms with Crippen molar-refractivity contribution >= 4 is 23.4 Å². The molecule has 0 aliphatic rings. The molecule has 0 bridgehead atoms. The lowest BCUT2D eigenvalue weighted by atomic mass is 10.2. The van der Waals surface area contributed by atoms with Gasteiger partial charge in [-0.1, -0.05) is 77.4 Å². The summed E-state index contributed by atoms with van der Waals surface area (Å²) in [6.45, 7) is 0.304. The summed E-state index contributed by atoms with van der Waals surface area (Å²) >= 11 is 6.01. The van der Waals surface area contributed by atoms with Crippen molar-refractivity contribution in [3.63, 3.8) is 0 Å². The molecule has 136 valence electrons. The first-order valence-corrected chi connectivity index (χ1v) is 8.58. The Morgan fingerprint density at radius 2 is 1.63 bits per heavy atom. The molecule has 3 rings (SSSR count). The Bertz CT molecular complexity index is 944. The number of rotatable bonds is 6. The van der Waals surface area contributed by atoms with E-state index in [1.807, 2.05) is 48.5 Å². The van der Waals surface area contributed by atoms with Gasteiger partial charge >= 0.3 is 5.97 Å². The van der Waals surface area contributed by atoms with E-state index in [9.17, 15) is 4.79 Å². The average molecular weight is 381 g/mol. The molecule has 0 amide bonds. The van der Waals surface area contributed by atoms with Crippen LogP contribution in [0, 0.1) is 0 Å². The maximum atomic E-state index is 12.4. The third-order valence-corrected chi connectivity index (χ3v) is 3.93. The minimum atomic E-state index is -0.709. The zero-order valence-electron chi connectivity index (χ0n) is 14.3. The van der Waals surface area contributed by atoms with Crippen LogP contribution < -0.4 is 10.5 Å². The maximum Gasteiger partial charge on any atom is 0.369 e. The summed E-state index contributed by atoms with van der Waals surface area (Å²) in [5.74, 6) is -0.265. The molecule has 0 heterocycles. The van der Waals surface area contributed by atoms with Crippen LogP contribution in [-0.4, -0.2) is 11.8 Å². The Labute approximate surface area is 162 Å². The van der Waals surface area contributed by atoms with Gasteiger partial charge in [-0.25, -0.2) is 4.79 Å². The van der Waals surface area contributed by atoms with Gasteiger partial charge in [0, 0.05) is 10.6 Å². The molecule has 0 aliphatic heterocycles. The number of oxime groups is 1. The highest BCUT2D eigenvalue weighted by molar-refractivity contribution is 6.31. The van der Waals surface area contributed by atoms with Crippen molar-refractivity contribution < 1.29 is 14.4 Å². The molecule has 6 heteroatoms. The summed E-state index contributed by atoms with van der Waals surface area (Å²) in [5.41, 5.74) is 7.63. The number of hydrogen-bond acceptors (Lipinski definition) is 4. The fourth-order valence-electron chi connectivity index (χ4n) is 2.32. The predicted octanol–water partition coefficient (Wildman–Crippen LogP) is 4.40. The van der Waals surface area contributed by atoms with Crippen LogP contribution >= 0.6 is 11.6 Å². The van der Waals surface area contributed by atoms with E-state index in [0.717, 1.165) is 5.56 Å². The van der Waals surface area contributed by atoms with Gasteiger partial charge in [0.05, 0.1) is 0 Å². The fraction of sp³-hybridized carbons (Fsp3) is 0.0476. The quantitative estimate of drug-likeness (QED) is 0.298. The number of ether oxygens (including phenoxy) is 1. The number of hydrogen-bond donors (Lipinski definition) is 1. The van der Waals surface area contributed by atoms with E-state index >= 15 is 0 Å². The van der Waals surface area contributed by atoms with Crippen LogP contribution in [0.3, 0.4) is 0 Å². The Kier molecular flexibility index (Phi) is 6.07. The van der Waals surface area contributed by atoms with Crippen LogP contribution in [0.25, 0.3) is 0 Å². The number of nitrogens with two attached hydrogens (primary N) is 1. The van der Waals surface area contributed by atoms with Crippen LogP contribution in [0.4, 0.5) is 0 Å². The maximum absolute atomic E-state index is 12.4. The topological polar surface area (TPSA) is 73.9 Å². The zero-order chi connectivity index (χ0) is 19.1.